The molecule has 0 aliphatic carbocycles. The molecule has 0 aliphatic heterocycles. The molecule has 0 fully saturated rings. The Balaban J connectivity index is 2.74. The van der Waals surface area contributed by atoms with E-state index in [-0.39, 0.29) is 0 Å². The van der Waals surface area contributed by atoms with Crippen LogP contribution in [0.2, 0.25) is 0 Å². The van der Waals surface area contributed by atoms with Gasteiger partial charge in [-0.05, 0) is 43.5 Å². The van der Waals surface area contributed by atoms with Crippen molar-refractivity contribution in [1.82, 2.24) is 0 Å². The molecule has 2 heteroatoms. The Morgan fingerprint density at radius 3 is 2.87 bits per heavy atom. The van der Waals surface area contributed by atoms with E-state index in [1.54, 1.807) is 0 Å². The van der Waals surface area contributed by atoms with Gasteiger partial charge < -0.3 is 5.11 Å². The molecule has 0 aromatic heterocycles. The van der Waals surface area contributed by atoms with Gasteiger partial charge in [0.2, 0.25) is 0 Å². The number of aryl methyl sites for hydroxylation is 1. The largest absolute Gasteiger partial charge is 0.388 e. The van der Waals surface area contributed by atoms with Crippen molar-refractivity contribution < 1.29 is 5.11 Å². The minimum absolute atomic E-state index is 0.414. The molecule has 0 saturated heterocycles. The molecular formula is C13H15BrO. The lowest BCUT2D eigenvalue weighted by Crippen LogP contribution is -1.99. The summed E-state index contributed by atoms with van der Waals surface area (Å²) in [4.78, 5) is 0. The molecule has 1 rings (SSSR count). The Hall–Kier alpha value is -0.780. The summed E-state index contributed by atoms with van der Waals surface area (Å²) >= 11 is 3.41. The molecule has 0 saturated carbocycles. The van der Waals surface area contributed by atoms with Gasteiger partial charge in [0.1, 0.15) is 0 Å². The van der Waals surface area contributed by atoms with Crippen molar-refractivity contribution in [2.45, 2.75) is 32.8 Å². The highest BCUT2D eigenvalue weighted by atomic mass is 79.9. The molecule has 1 aromatic rings. The van der Waals surface area contributed by atoms with Crippen molar-refractivity contribution in [2.24, 2.45) is 0 Å². The standard InChI is InChI=1S/C13H15BrO/c1-3-4-5-6-13(15)12-9-11(14)8-7-10(12)2/h7-9,13,15H,5-6H2,1-2H3. The van der Waals surface area contributed by atoms with Crippen molar-refractivity contribution in [3.63, 3.8) is 0 Å². The average Bonchev–Trinajstić information content (AvgIpc) is 2.22. The third-order valence-electron chi connectivity index (χ3n) is 2.32. The van der Waals surface area contributed by atoms with Gasteiger partial charge in [-0.2, -0.15) is 0 Å². The Kier molecular flexibility index (Phi) is 4.87. The molecule has 0 bridgehead atoms. The summed E-state index contributed by atoms with van der Waals surface area (Å²) in [6.45, 7) is 3.83. The molecule has 15 heavy (non-hydrogen) atoms. The van der Waals surface area contributed by atoms with Crippen LogP contribution in [0.1, 0.15) is 37.0 Å². The maximum absolute atomic E-state index is 9.96. The van der Waals surface area contributed by atoms with Gasteiger partial charge in [-0.3, -0.25) is 0 Å². The first-order valence-corrected chi connectivity index (χ1v) is 5.78. The first-order chi connectivity index (χ1) is 7.15. The molecule has 1 aromatic carbocycles. The van der Waals surface area contributed by atoms with Crippen LogP contribution in [-0.2, 0) is 0 Å². The summed E-state index contributed by atoms with van der Waals surface area (Å²) < 4.78 is 1.00. The van der Waals surface area contributed by atoms with E-state index in [9.17, 15) is 5.11 Å². The Labute approximate surface area is 99.6 Å². The number of hydrogen-bond donors (Lipinski definition) is 1. The lowest BCUT2D eigenvalue weighted by atomic mass is 10.0. The van der Waals surface area contributed by atoms with E-state index >= 15 is 0 Å². The number of aliphatic hydroxyl groups excluding tert-OH is 1. The van der Waals surface area contributed by atoms with Crippen LogP contribution in [0.3, 0.4) is 0 Å². The van der Waals surface area contributed by atoms with E-state index in [1.165, 1.54) is 0 Å². The van der Waals surface area contributed by atoms with Crippen LogP contribution in [0.4, 0.5) is 0 Å². The maximum atomic E-state index is 9.96. The van der Waals surface area contributed by atoms with Gasteiger partial charge in [0, 0.05) is 10.9 Å². The average molecular weight is 267 g/mol. The quantitative estimate of drug-likeness (QED) is 0.830. The van der Waals surface area contributed by atoms with E-state index in [2.05, 4.69) is 27.8 Å². The number of rotatable bonds is 3. The van der Waals surface area contributed by atoms with E-state index < -0.39 is 6.10 Å². The molecule has 0 aliphatic rings. The number of benzene rings is 1. The summed E-state index contributed by atoms with van der Waals surface area (Å²) in [5.74, 6) is 5.79. The van der Waals surface area contributed by atoms with Crippen LogP contribution >= 0.6 is 15.9 Å². The van der Waals surface area contributed by atoms with E-state index in [4.69, 9.17) is 0 Å². The number of hydrogen-bond acceptors (Lipinski definition) is 1. The zero-order valence-corrected chi connectivity index (χ0v) is 10.6. The summed E-state index contributed by atoms with van der Waals surface area (Å²) in [6.07, 6.45) is 1.02. The molecule has 80 valence electrons. The highest BCUT2D eigenvalue weighted by molar-refractivity contribution is 9.10. The van der Waals surface area contributed by atoms with Crippen LogP contribution in [0.15, 0.2) is 22.7 Å². The van der Waals surface area contributed by atoms with E-state index in [0.717, 1.165) is 22.0 Å². The fourth-order valence-corrected chi connectivity index (χ4v) is 1.84. The van der Waals surface area contributed by atoms with Gasteiger partial charge in [-0.15, -0.1) is 11.8 Å². The number of halogens is 1. The third kappa shape index (κ3) is 3.70. The van der Waals surface area contributed by atoms with Gasteiger partial charge in [0.05, 0.1) is 6.10 Å². The zero-order chi connectivity index (χ0) is 11.3. The first-order valence-electron chi connectivity index (χ1n) is 4.99. The lowest BCUT2D eigenvalue weighted by Gasteiger charge is -2.12. The predicted octanol–water partition coefficient (Wildman–Crippen LogP) is 3.59. The van der Waals surface area contributed by atoms with E-state index in [1.807, 2.05) is 32.0 Å². The monoisotopic (exact) mass is 266 g/mol. The topological polar surface area (TPSA) is 20.2 Å². The number of aliphatic hydroxyl groups is 1. The van der Waals surface area contributed by atoms with Gasteiger partial charge in [-0.25, -0.2) is 0 Å². The fraction of sp³-hybridized carbons (Fsp3) is 0.385. The van der Waals surface area contributed by atoms with Gasteiger partial charge in [0.25, 0.3) is 0 Å². The molecular weight excluding hydrogens is 252 g/mol. The molecule has 0 radical (unpaired) electrons. The SMILES string of the molecule is CC#CCCC(O)c1cc(Br)ccc1C. The summed E-state index contributed by atoms with van der Waals surface area (Å²) in [5, 5.41) is 9.96. The molecule has 0 amide bonds. The smallest absolute Gasteiger partial charge is 0.0802 e. The van der Waals surface area contributed by atoms with Gasteiger partial charge in [0.15, 0.2) is 0 Å². The fourth-order valence-electron chi connectivity index (χ4n) is 1.46. The second kappa shape index (κ2) is 5.95. The van der Waals surface area contributed by atoms with Crippen molar-refractivity contribution in [3.8, 4) is 11.8 Å². The minimum Gasteiger partial charge on any atom is -0.388 e. The summed E-state index contributed by atoms with van der Waals surface area (Å²) in [5.41, 5.74) is 2.11. The van der Waals surface area contributed by atoms with Crippen LogP contribution in [0, 0.1) is 18.8 Å². The van der Waals surface area contributed by atoms with Crippen molar-refractivity contribution in [2.75, 3.05) is 0 Å². The second-order valence-electron chi connectivity index (χ2n) is 3.48. The Bertz CT molecular complexity index is 387. The minimum atomic E-state index is -0.414. The highest BCUT2D eigenvalue weighted by Gasteiger charge is 2.09. The lowest BCUT2D eigenvalue weighted by molar-refractivity contribution is 0.168. The van der Waals surface area contributed by atoms with Crippen molar-refractivity contribution >= 4 is 15.9 Å². The molecule has 1 atom stereocenters. The molecule has 0 heterocycles. The molecule has 1 nitrogen and oxygen atoms in total. The van der Waals surface area contributed by atoms with E-state index in [0.29, 0.717) is 6.42 Å². The summed E-state index contributed by atoms with van der Waals surface area (Å²) in [6, 6.07) is 5.96. The summed E-state index contributed by atoms with van der Waals surface area (Å²) in [7, 11) is 0. The highest BCUT2D eigenvalue weighted by Crippen LogP contribution is 2.25. The normalized spacial score (nSPS) is 11.7. The van der Waals surface area contributed by atoms with Gasteiger partial charge in [-0.1, -0.05) is 22.0 Å². The maximum Gasteiger partial charge on any atom is 0.0802 e. The van der Waals surface area contributed by atoms with Gasteiger partial charge >= 0.3 is 0 Å². The van der Waals surface area contributed by atoms with Crippen molar-refractivity contribution in [3.05, 3.63) is 33.8 Å². The van der Waals surface area contributed by atoms with Crippen LogP contribution < -0.4 is 0 Å². The van der Waals surface area contributed by atoms with Crippen LogP contribution in [0.5, 0.6) is 0 Å². The second-order valence-corrected chi connectivity index (χ2v) is 4.40. The van der Waals surface area contributed by atoms with Crippen molar-refractivity contribution in [1.29, 1.82) is 0 Å². The molecule has 0 spiro atoms. The Morgan fingerprint density at radius 2 is 2.20 bits per heavy atom. The molecule has 1 N–H and O–H groups in total. The zero-order valence-electron chi connectivity index (χ0n) is 9.05. The third-order valence-corrected chi connectivity index (χ3v) is 2.81. The van der Waals surface area contributed by atoms with Crippen LogP contribution in [0.25, 0.3) is 0 Å². The Morgan fingerprint density at radius 1 is 1.47 bits per heavy atom. The molecule has 1 unspecified atom stereocenters. The predicted molar refractivity (Wildman–Crippen MR) is 66.5 cm³/mol. The first kappa shape index (κ1) is 12.3. The van der Waals surface area contributed by atoms with Crippen LogP contribution in [-0.4, -0.2) is 5.11 Å².